The van der Waals surface area contributed by atoms with Crippen LogP contribution in [-0.2, 0) is 11.2 Å². The number of ketones is 1. The van der Waals surface area contributed by atoms with Gasteiger partial charge in [0.05, 0.1) is 0 Å². The number of rotatable bonds is 2. The fourth-order valence-electron chi connectivity index (χ4n) is 1.08. The highest BCUT2D eigenvalue weighted by Crippen LogP contribution is 2.07. The van der Waals surface area contributed by atoms with Crippen LogP contribution in [0.25, 0.3) is 0 Å². The predicted octanol–water partition coefficient (Wildman–Crippen LogP) is 2.67. The average molecular weight is 196 g/mol. The van der Waals surface area contributed by atoms with E-state index in [4.69, 9.17) is 0 Å². The highest BCUT2D eigenvalue weighted by molar-refractivity contribution is 7.79. The van der Waals surface area contributed by atoms with Crippen molar-refractivity contribution in [2.45, 2.75) is 20.3 Å². The second kappa shape index (κ2) is 6.72. The van der Waals surface area contributed by atoms with Crippen molar-refractivity contribution < 1.29 is 4.79 Å². The number of hydrogen-bond acceptors (Lipinski definition) is 2. The van der Waals surface area contributed by atoms with Crippen LogP contribution in [-0.4, -0.2) is 12.0 Å². The minimum absolute atomic E-state index is 0.222. The standard InChI is InChI=1S/C10H12O.CH4S/c1-8-5-3-4-6-10(8)7-9(2)11;1-2/h3-6H,7H2,1-2H3;2H,1H3. The van der Waals surface area contributed by atoms with Gasteiger partial charge in [0.15, 0.2) is 0 Å². The lowest BCUT2D eigenvalue weighted by molar-refractivity contribution is -0.116. The molecule has 0 N–H and O–H groups in total. The van der Waals surface area contributed by atoms with E-state index in [2.05, 4.69) is 12.6 Å². The van der Waals surface area contributed by atoms with Gasteiger partial charge in [-0.25, -0.2) is 0 Å². The smallest absolute Gasteiger partial charge is 0.134 e. The van der Waals surface area contributed by atoms with Crippen LogP contribution in [0.15, 0.2) is 24.3 Å². The summed E-state index contributed by atoms with van der Waals surface area (Å²) in [7, 11) is 0. The van der Waals surface area contributed by atoms with Gasteiger partial charge in [-0.3, -0.25) is 4.79 Å². The number of aryl methyl sites for hydroxylation is 1. The highest BCUT2D eigenvalue weighted by Gasteiger charge is 1.98. The van der Waals surface area contributed by atoms with Gasteiger partial charge in [0, 0.05) is 6.42 Å². The largest absolute Gasteiger partial charge is 0.300 e. The zero-order chi connectivity index (χ0) is 10.3. The van der Waals surface area contributed by atoms with Crippen LogP contribution in [0.4, 0.5) is 0 Å². The molecule has 0 fully saturated rings. The Labute approximate surface area is 85.6 Å². The van der Waals surface area contributed by atoms with Gasteiger partial charge >= 0.3 is 0 Å². The minimum Gasteiger partial charge on any atom is -0.300 e. The topological polar surface area (TPSA) is 17.1 Å². The molecule has 0 spiro atoms. The molecule has 0 unspecified atom stereocenters. The van der Waals surface area contributed by atoms with Crippen LogP contribution in [0.5, 0.6) is 0 Å². The van der Waals surface area contributed by atoms with E-state index in [1.165, 1.54) is 5.56 Å². The summed E-state index contributed by atoms with van der Waals surface area (Å²) >= 11 is 3.53. The molecule has 0 aliphatic heterocycles. The third-order valence-electron chi connectivity index (χ3n) is 1.70. The number of carbonyl (C=O) groups excluding carboxylic acids is 1. The van der Waals surface area contributed by atoms with Gasteiger partial charge in [-0.05, 0) is 31.2 Å². The van der Waals surface area contributed by atoms with E-state index in [0.29, 0.717) is 6.42 Å². The van der Waals surface area contributed by atoms with Crippen molar-refractivity contribution in [3.05, 3.63) is 35.4 Å². The molecule has 1 aromatic carbocycles. The Bertz CT molecular complexity index is 269. The minimum atomic E-state index is 0.222. The van der Waals surface area contributed by atoms with Gasteiger partial charge in [0.1, 0.15) is 5.78 Å². The van der Waals surface area contributed by atoms with Crippen molar-refractivity contribution in [3.63, 3.8) is 0 Å². The number of hydrogen-bond donors (Lipinski definition) is 1. The van der Waals surface area contributed by atoms with E-state index in [9.17, 15) is 4.79 Å². The number of benzene rings is 1. The van der Waals surface area contributed by atoms with Crippen LogP contribution in [0.3, 0.4) is 0 Å². The Morgan fingerprint density at radius 2 is 1.85 bits per heavy atom. The van der Waals surface area contributed by atoms with Crippen molar-refractivity contribution in [3.8, 4) is 0 Å². The zero-order valence-corrected chi connectivity index (χ0v) is 9.27. The maximum Gasteiger partial charge on any atom is 0.134 e. The van der Waals surface area contributed by atoms with E-state index in [0.717, 1.165) is 5.56 Å². The molecule has 0 aliphatic rings. The lowest BCUT2D eigenvalue weighted by Gasteiger charge is -2.00. The highest BCUT2D eigenvalue weighted by atomic mass is 32.1. The zero-order valence-electron chi connectivity index (χ0n) is 8.37. The maximum atomic E-state index is 10.8. The molecular weight excluding hydrogens is 180 g/mol. The van der Waals surface area contributed by atoms with Gasteiger partial charge in [0.25, 0.3) is 0 Å². The van der Waals surface area contributed by atoms with Crippen LogP contribution in [0, 0.1) is 6.92 Å². The Morgan fingerprint density at radius 1 is 1.31 bits per heavy atom. The van der Waals surface area contributed by atoms with Crippen molar-refractivity contribution in [1.29, 1.82) is 0 Å². The first-order valence-corrected chi connectivity index (χ1v) is 5.08. The van der Waals surface area contributed by atoms with Gasteiger partial charge in [0.2, 0.25) is 0 Å². The number of thiol groups is 1. The summed E-state index contributed by atoms with van der Waals surface area (Å²) in [6.45, 7) is 3.64. The van der Waals surface area contributed by atoms with Crippen LogP contribution in [0.2, 0.25) is 0 Å². The molecule has 0 atom stereocenters. The molecule has 72 valence electrons. The molecular formula is C11H16OS. The van der Waals surface area contributed by atoms with E-state index in [1.54, 1.807) is 13.2 Å². The SMILES string of the molecule is CC(=O)Cc1ccccc1C.CS. The summed E-state index contributed by atoms with van der Waals surface area (Å²) in [4.78, 5) is 10.8. The molecule has 1 rings (SSSR count). The summed E-state index contributed by atoms with van der Waals surface area (Å²) in [5, 5.41) is 0. The second-order valence-corrected chi connectivity index (χ2v) is 2.81. The molecule has 0 amide bonds. The summed E-state index contributed by atoms with van der Waals surface area (Å²) in [6.07, 6.45) is 2.26. The molecule has 0 heterocycles. The average Bonchev–Trinajstić information content (AvgIpc) is 2.12. The van der Waals surface area contributed by atoms with E-state index in [1.807, 2.05) is 31.2 Å². The Hall–Kier alpha value is -0.760. The molecule has 0 radical (unpaired) electrons. The Kier molecular flexibility index (Phi) is 6.33. The molecule has 0 aromatic heterocycles. The molecule has 0 aliphatic carbocycles. The van der Waals surface area contributed by atoms with Crippen LogP contribution >= 0.6 is 12.6 Å². The lowest BCUT2D eigenvalue weighted by atomic mass is 10.0. The second-order valence-electron chi connectivity index (χ2n) is 2.81. The fraction of sp³-hybridized carbons (Fsp3) is 0.364. The molecule has 0 bridgehead atoms. The summed E-state index contributed by atoms with van der Waals surface area (Å²) < 4.78 is 0. The van der Waals surface area contributed by atoms with Gasteiger partial charge in [-0.2, -0.15) is 12.6 Å². The van der Waals surface area contributed by atoms with Crippen molar-refractivity contribution in [2.75, 3.05) is 6.26 Å². The quantitative estimate of drug-likeness (QED) is 0.720. The third-order valence-corrected chi connectivity index (χ3v) is 1.70. The summed E-state index contributed by atoms with van der Waals surface area (Å²) in [5.41, 5.74) is 2.34. The first-order chi connectivity index (χ1) is 6.20. The molecule has 0 saturated heterocycles. The number of Topliss-reactive ketones (excluding diaryl/α,β-unsaturated/α-hetero) is 1. The van der Waals surface area contributed by atoms with Gasteiger partial charge in [-0.1, -0.05) is 24.3 Å². The van der Waals surface area contributed by atoms with E-state index in [-0.39, 0.29) is 5.78 Å². The molecule has 1 aromatic rings. The molecule has 13 heavy (non-hydrogen) atoms. The number of carbonyl (C=O) groups is 1. The normalized spacial score (nSPS) is 8.62. The molecule has 1 nitrogen and oxygen atoms in total. The Morgan fingerprint density at radius 3 is 2.31 bits per heavy atom. The van der Waals surface area contributed by atoms with Crippen LogP contribution in [0.1, 0.15) is 18.1 Å². The van der Waals surface area contributed by atoms with Gasteiger partial charge < -0.3 is 0 Å². The summed E-state index contributed by atoms with van der Waals surface area (Å²) in [5.74, 6) is 0.222. The first kappa shape index (κ1) is 12.2. The monoisotopic (exact) mass is 196 g/mol. The Balaban J connectivity index is 0.000000671. The van der Waals surface area contributed by atoms with Gasteiger partial charge in [-0.15, -0.1) is 0 Å². The summed E-state index contributed by atoms with van der Waals surface area (Å²) in [6, 6.07) is 7.97. The third kappa shape index (κ3) is 4.73. The van der Waals surface area contributed by atoms with E-state index >= 15 is 0 Å². The van der Waals surface area contributed by atoms with Crippen molar-refractivity contribution >= 4 is 18.4 Å². The van der Waals surface area contributed by atoms with E-state index < -0.39 is 0 Å². The molecule has 2 heteroatoms. The maximum absolute atomic E-state index is 10.8. The van der Waals surface area contributed by atoms with Crippen LogP contribution < -0.4 is 0 Å². The first-order valence-electron chi connectivity index (χ1n) is 4.19. The fourth-order valence-corrected chi connectivity index (χ4v) is 1.08. The van der Waals surface area contributed by atoms with Crippen molar-refractivity contribution in [1.82, 2.24) is 0 Å². The molecule has 0 saturated carbocycles. The lowest BCUT2D eigenvalue weighted by Crippen LogP contribution is -1.97. The predicted molar refractivity (Wildman–Crippen MR) is 60.5 cm³/mol. The van der Waals surface area contributed by atoms with Crippen molar-refractivity contribution in [2.24, 2.45) is 0 Å².